The second kappa shape index (κ2) is 5.80. The molecule has 7 nitrogen and oxygen atoms in total. The van der Waals surface area contributed by atoms with Crippen molar-refractivity contribution in [3.8, 4) is 5.88 Å². The normalized spacial score (nSPS) is 10.6. The lowest BCUT2D eigenvalue weighted by Gasteiger charge is -2.17. The zero-order chi connectivity index (χ0) is 15.5. The van der Waals surface area contributed by atoms with E-state index in [9.17, 15) is 4.79 Å². The number of carbonyl (C=O) groups excluding carboxylic acids is 1. The lowest BCUT2D eigenvalue weighted by molar-refractivity contribution is 0.0785. The smallest absolute Gasteiger partial charge is 0.259 e. The summed E-state index contributed by atoms with van der Waals surface area (Å²) in [5, 5.41) is 4.13. The third-order valence-electron chi connectivity index (χ3n) is 3.31. The number of hydrogen-bond acceptors (Lipinski definition) is 5. The van der Waals surface area contributed by atoms with E-state index in [1.807, 2.05) is 12.1 Å². The largest absolute Gasteiger partial charge is 0.481 e. The first-order valence-electron chi connectivity index (χ1n) is 6.72. The first-order chi connectivity index (χ1) is 10.7. The fourth-order valence-corrected chi connectivity index (χ4v) is 2.24. The van der Waals surface area contributed by atoms with Gasteiger partial charge in [0, 0.05) is 31.2 Å². The molecule has 3 aromatic rings. The topological polar surface area (TPSA) is 72.6 Å². The number of nitrogens with zero attached hydrogens (tertiary/aromatic N) is 5. The molecule has 0 aliphatic carbocycles. The Bertz CT molecular complexity index is 814. The molecular weight excluding hydrogens is 282 g/mol. The Morgan fingerprint density at radius 2 is 2.14 bits per heavy atom. The second-order valence-corrected chi connectivity index (χ2v) is 4.78. The van der Waals surface area contributed by atoms with Crippen LogP contribution in [0.1, 0.15) is 15.9 Å². The van der Waals surface area contributed by atoms with Crippen LogP contribution in [0.25, 0.3) is 5.65 Å². The van der Waals surface area contributed by atoms with Gasteiger partial charge in [0.1, 0.15) is 5.56 Å². The molecule has 0 saturated carbocycles. The summed E-state index contributed by atoms with van der Waals surface area (Å²) < 4.78 is 6.78. The minimum Gasteiger partial charge on any atom is -0.481 e. The van der Waals surface area contributed by atoms with E-state index in [2.05, 4.69) is 15.1 Å². The van der Waals surface area contributed by atoms with Crippen LogP contribution in [0, 0.1) is 0 Å². The SMILES string of the molecule is COc1ncccc1CN(C)C(=O)c1cnn2cccnc12. The van der Waals surface area contributed by atoms with Gasteiger partial charge in [-0.3, -0.25) is 4.79 Å². The van der Waals surface area contributed by atoms with Gasteiger partial charge in [-0.05, 0) is 12.1 Å². The predicted octanol–water partition coefficient (Wildman–Crippen LogP) is 1.41. The Hall–Kier alpha value is -2.96. The molecule has 112 valence electrons. The molecule has 3 rings (SSSR count). The van der Waals surface area contributed by atoms with Gasteiger partial charge in [-0.25, -0.2) is 14.5 Å². The van der Waals surface area contributed by atoms with Crippen LogP contribution < -0.4 is 4.74 Å². The van der Waals surface area contributed by atoms with Crippen molar-refractivity contribution >= 4 is 11.6 Å². The van der Waals surface area contributed by atoms with Crippen molar-refractivity contribution in [1.29, 1.82) is 0 Å². The summed E-state index contributed by atoms with van der Waals surface area (Å²) in [4.78, 5) is 22.5. The van der Waals surface area contributed by atoms with Crippen molar-refractivity contribution < 1.29 is 9.53 Å². The number of carbonyl (C=O) groups is 1. The molecule has 0 aromatic carbocycles. The maximum Gasteiger partial charge on any atom is 0.259 e. The lowest BCUT2D eigenvalue weighted by Crippen LogP contribution is -2.26. The highest BCUT2D eigenvalue weighted by Crippen LogP contribution is 2.17. The molecule has 0 aliphatic heterocycles. The highest BCUT2D eigenvalue weighted by atomic mass is 16.5. The highest BCUT2D eigenvalue weighted by molar-refractivity contribution is 5.99. The molecule has 0 spiro atoms. The Morgan fingerprint density at radius 1 is 1.32 bits per heavy atom. The number of pyridine rings is 1. The predicted molar refractivity (Wildman–Crippen MR) is 79.6 cm³/mol. The number of methoxy groups -OCH3 is 1. The van der Waals surface area contributed by atoms with Crippen LogP contribution in [-0.2, 0) is 6.54 Å². The van der Waals surface area contributed by atoms with Crippen LogP contribution in [0.4, 0.5) is 0 Å². The van der Waals surface area contributed by atoms with E-state index >= 15 is 0 Å². The number of rotatable bonds is 4. The molecule has 0 N–H and O–H groups in total. The van der Waals surface area contributed by atoms with Crippen molar-refractivity contribution in [2.75, 3.05) is 14.2 Å². The van der Waals surface area contributed by atoms with Gasteiger partial charge in [-0.2, -0.15) is 5.10 Å². The summed E-state index contributed by atoms with van der Waals surface area (Å²) in [7, 11) is 3.28. The molecule has 3 heterocycles. The summed E-state index contributed by atoms with van der Waals surface area (Å²) in [5.74, 6) is 0.361. The molecule has 7 heteroatoms. The molecule has 3 aromatic heterocycles. The Balaban J connectivity index is 1.86. The molecule has 0 bridgehead atoms. The fourth-order valence-electron chi connectivity index (χ4n) is 2.24. The summed E-state index contributed by atoms with van der Waals surface area (Å²) >= 11 is 0. The molecule has 0 unspecified atom stereocenters. The van der Waals surface area contributed by atoms with Gasteiger partial charge in [0.25, 0.3) is 5.91 Å². The van der Waals surface area contributed by atoms with Crippen LogP contribution in [0.15, 0.2) is 43.0 Å². The van der Waals surface area contributed by atoms with E-state index in [1.165, 1.54) is 6.20 Å². The quantitative estimate of drug-likeness (QED) is 0.728. The van der Waals surface area contributed by atoms with Crippen molar-refractivity contribution in [2.45, 2.75) is 6.54 Å². The molecule has 0 radical (unpaired) electrons. The van der Waals surface area contributed by atoms with E-state index in [-0.39, 0.29) is 5.91 Å². The van der Waals surface area contributed by atoms with Gasteiger partial charge in [-0.1, -0.05) is 6.07 Å². The number of aromatic nitrogens is 4. The zero-order valence-electron chi connectivity index (χ0n) is 12.3. The second-order valence-electron chi connectivity index (χ2n) is 4.78. The average Bonchev–Trinajstić information content (AvgIpc) is 2.98. The van der Waals surface area contributed by atoms with Crippen molar-refractivity contribution in [3.63, 3.8) is 0 Å². The van der Waals surface area contributed by atoms with E-state index in [1.54, 1.807) is 48.2 Å². The van der Waals surface area contributed by atoms with Gasteiger partial charge in [0.2, 0.25) is 5.88 Å². The summed E-state index contributed by atoms with van der Waals surface area (Å²) in [6.07, 6.45) is 6.57. The molecule has 1 amide bonds. The van der Waals surface area contributed by atoms with Gasteiger partial charge >= 0.3 is 0 Å². The third-order valence-corrected chi connectivity index (χ3v) is 3.31. The highest BCUT2D eigenvalue weighted by Gasteiger charge is 2.19. The zero-order valence-corrected chi connectivity index (χ0v) is 12.3. The molecular formula is C15H15N5O2. The van der Waals surface area contributed by atoms with Gasteiger partial charge in [-0.15, -0.1) is 0 Å². The number of hydrogen-bond donors (Lipinski definition) is 0. The monoisotopic (exact) mass is 297 g/mol. The number of amides is 1. The van der Waals surface area contributed by atoms with E-state index in [0.717, 1.165) is 5.56 Å². The van der Waals surface area contributed by atoms with Crippen molar-refractivity contribution in [2.24, 2.45) is 0 Å². The van der Waals surface area contributed by atoms with Crippen LogP contribution in [0.2, 0.25) is 0 Å². The van der Waals surface area contributed by atoms with Crippen LogP contribution >= 0.6 is 0 Å². The summed E-state index contributed by atoms with van der Waals surface area (Å²) in [6.45, 7) is 0.389. The first-order valence-corrected chi connectivity index (χ1v) is 6.72. The van der Waals surface area contributed by atoms with E-state index in [0.29, 0.717) is 23.6 Å². The Kier molecular flexibility index (Phi) is 3.69. The van der Waals surface area contributed by atoms with Gasteiger partial charge in [0.05, 0.1) is 19.9 Å². The maximum atomic E-state index is 12.6. The van der Waals surface area contributed by atoms with Crippen LogP contribution in [0.5, 0.6) is 5.88 Å². The third kappa shape index (κ3) is 2.48. The maximum absolute atomic E-state index is 12.6. The van der Waals surface area contributed by atoms with Gasteiger partial charge in [0.15, 0.2) is 5.65 Å². The minimum absolute atomic E-state index is 0.153. The van der Waals surface area contributed by atoms with E-state index < -0.39 is 0 Å². The van der Waals surface area contributed by atoms with Crippen LogP contribution in [0.3, 0.4) is 0 Å². The molecule has 0 fully saturated rings. The number of ether oxygens (including phenoxy) is 1. The molecule has 0 atom stereocenters. The molecule has 0 saturated heterocycles. The Morgan fingerprint density at radius 3 is 2.95 bits per heavy atom. The average molecular weight is 297 g/mol. The minimum atomic E-state index is -0.153. The van der Waals surface area contributed by atoms with Crippen LogP contribution in [-0.4, -0.2) is 44.5 Å². The molecule has 0 aliphatic rings. The number of fused-ring (bicyclic) bond motifs is 1. The first kappa shape index (κ1) is 14.0. The standard InChI is InChI=1S/C15H15N5O2/c1-19(10-11-5-3-6-17-14(11)22-2)15(21)12-9-18-20-8-4-7-16-13(12)20/h3-9H,10H2,1-2H3. The van der Waals surface area contributed by atoms with E-state index in [4.69, 9.17) is 4.74 Å². The summed E-state index contributed by atoms with van der Waals surface area (Å²) in [6, 6.07) is 5.45. The van der Waals surface area contributed by atoms with Gasteiger partial charge < -0.3 is 9.64 Å². The van der Waals surface area contributed by atoms with Crippen molar-refractivity contribution in [3.05, 3.63) is 54.1 Å². The lowest BCUT2D eigenvalue weighted by atomic mass is 10.2. The van der Waals surface area contributed by atoms with Crippen molar-refractivity contribution in [1.82, 2.24) is 24.5 Å². The summed E-state index contributed by atoms with van der Waals surface area (Å²) in [5.41, 5.74) is 1.84. The molecule has 22 heavy (non-hydrogen) atoms. The Labute approximate surface area is 127 Å². The fraction of sp³-hybridized carbons (Fsp3) is 0.200.